The second-order valence-electron chi connectivity index (χ2n) is 5.67. The minimum absolute atomic E-state index is 0.0942. The highest BCUT2D eigenvalue weighted by molar-refractivity contribution is 9.10. The first-order chi connectivity index (χ1) is 12.3. The summed E-state index contributed by atoms with van der Waals surface area (Å²) in [4.78, 5) is 27.7. The zero-order valence-electron chi connectivity index (χ0n) is 13.9. The summed E-state index contributed by atoms with van der Waals surface area (Å²) >= 11 is 9.50. The molecule has 0 bridgehead atoms. The quantitative estimate of drug-likeness (QED) is 0.470. The maximum absolute atomic E-state index is 12.9. The van der Waals surface area contributed by atoms with Gasteiger partial charge in [-0.15, -0.1) is 0 Å². The molecule has 1 aromatic carbocycles. The Morgan fingerprint density at radius 2 is 2.15 bits per heavy atom. The number of nitrogens with one attached hydrogen (secondary N) is 1. The van der Waals surface area contributed by atoms with Gasteiger partial charge in [0.25, 0.3) is 11.6 Å². The number of aryl methyl sites for hydroxylation is 2. The molecule has 1 N–H and O–H groups in total. The standard InChI is InChI=1S/C17H14BrClN4O3/c1-3-13-15(22-8-10(18)6-9(2)16(22)20-13)17(24)21-14-5-4-11(23(25)26)7-12(14)19/h4-8H,3H2,1-2H3,(H,21,24). The number of amides is 1. The summed E-state index contributed by atoms with van der Waals surface area (Å²) in [5.41, 5.74) is 2.84. The van der Waals surface area contributed by atoms with Crippen molar-refractivity contribution in [2.45, 2.75) is 20.3 Å². The number of carbonyl (C=O) groups is 1. The monoisotopic (exact) mass is 436 g/mol. The van der Waals surface area contributed by atoms with E-state index in [2.05, 4.69) is 26.2 Å². The number of rotatable bonds is 4. The van der Waals surface area contributed by atoms with E-state index >= 15 is 0 Å². The first-order valence-corrected chi connectivity index (χ1v) is 8.91. The maximum Gasteiger partial charge on any atom is 0.274 e. The highest BCUT2D eigenvalue weighted by atomic mass is 79.9. The van der Waals surface area contributed by atoms with Gasteiger partial charge >= 0.3 is 0 Å². The van der Waals surface area contributed by atoms with Crippen molar-refractivity contribution < 1.29 is 9.72 Å². The maximum atomic E-state index is 12.9. The third-order valence-corrected chi connectivity index (χ3v) is 4.65. The predicted octanol–water partition coefficient (Wildman–Crippen LogP) is 4.78. The van der Waals surface area contributed by atoms with Crippen molar-refractivity contribution in [1.29, 1.82) is 0 Å². The Kier molecular flexibility index (Phi) is 4.97. The molecule has 7 nitrogen and oxygen atoms in total. The Bertz CT molecular complexity index is 1050. The number of pyridine rings is 1. The number of nitro groups is 1. The summed E-state index contributed by atoms with van der Waals surface area (Å²) in [5.74, 6) is -0.386. The predicted molar refractivity (Wildman–Crippen MR) is 103 cm³/mol. The smallest absolute Gasteiger partial charge is 0.274 e. The average molecular weight is 438 g/mol. The molecular formula is C17H14BrClN4O3. The number of hydrogen-bond acceptors (Lipinski definition) is 4. The summed E-state index contributed by atoms with van der Waals surface area (Å²) in [6.07, 6.45) is 2.36. The molecule has 0 saturated heterocycles. The number of non-ortho nitro benzene ring substituents is 1. The molecule has 2 heterocycles. The van der Waals surface area contributed by atoms with Crippen molar-refractivity contribution in [3.05, 3.63) is 67.0 Å². The van der Waals surface area contributed by atoms with Crippen LogP contribution in [0.15, 0.2) is 34.9 Å². The Morgan fingerprint density at radius 3 is 2.77 bits per heavy atom. The normalized spacial score (nSPS) is 10.9. The van der Waals surface area contributed by atoms with E-state index in [9.17, 15) is 14.9 Å². The van der Waals surface area contributed by atoms with Crippen LogP contribution >= 0.6 is 27.5 Å². The number of fused-ring (bicyclic) bond motifs is 1. The minimum atomic E-state index is -0.544. The fourth-order valence-corrected chi connectivity index (χ4v) is 3.47. The lowest BCUT2D eigenvalue weighted by Crippen LogP contribution is -2.16. The molecule has 0 atom stereocenters. The van der Waals surface area contributed by atoms with E-state index in [1.54, 1.807) is 10.6 Å². The second-order valence-corrected chi connectivity index (χ2v) is 6.99. The van der Waals surface area contributed by atoms with Gasteiger partial charge in [-0.05, 0) is 47.0 Å². The molecule has 3 rings (SSSR count). The van der Waals surface area contributed by atoms with E-state index in [1.165, 1.54) is 18.2 Å². The van der Waals surface area contributed by atoms with Crippen LogP contribution in [0, 0.1) is 17.0 Å². The van der Waals surface area contributed by atoms with Gasteiger partial charge in [-0.25, -0.2) is 4.98 Å². The Hall–Kier alpha value is -2.45. The van der Waals surface area contributed by atoms with Crippen molar-refractivity contribution in [3.63, 3.8) is 0 Å². The SMILES string of the molecule is CCc1nc2c(C)cc(Br)cn2c1C(=O)Nc1ccc([N+](=O)[O-])cc1Cl. The van der Waals surface area contributed by atoms with Crippen LogP contribution in [0.2, 0.25) is 5.02 Å². The van der Waals surface area contributed by atoms with Gasteiger partial charge < -0.3 is 5.32 Å². The van der Waals surface area contributed by atoms with E-state index < -0.39 is 4.92 Å². The Morgan fingerprint density at radius 1 is 1.42 bits per heavy atom. The Labute approximate surface area is 162 Å². The number of nitro benzene ring substituents is 1. The number of hydrogen-bond donors (Lipinski definition) is 1. The summed E-state index contributed by atoms with van der Waals surface area (Å²) in [5, 5.41) is 13.6. The number of carbonyl (C=O) groups excluding carboxylic acids is 1. The molecule has 0 radical (unpaired) electrons. The molecule has 3 aromatic rings. The van der Waals surface area contributed by atoms with Crippen LogP contribution in [0.3, 0.4) is 0 Å². The fraction of sp³-hybridized carbons (Fsp3) is 0.176. The lowest BCUT2D eigenvalue weighted by Gasteiger charge is -2.09. The lowest BCUT2D eigenvalue weighted by atomic mass is 10.2. The van der Waals surface area contributed by atoms with E-state index in [4.69, 9.17) is 11.6 Å². The summed E-state index contributed by atoms with van der Waals surface area (Å²) in [6, 6.07) is 5.83. The van der Waals surface area contributed by atoms with E-state index in [0.717, 1.165) is 10.0 Å². The number of aromatic nitrogens is 2. The van der Waals surface area contributed by atoms with E-state index in [-0.39, 0.29) is 16.6 Å². The number of halogens is 2. The molecule has 0 fully saturated rings. The molecule has 0 unspecified atom stereocenters. The van der Waals surface area contributed by atoms with Gasteiger partial charge in [0.05, 0.1) is 21.3 Å². The zero-order valence-corrected chi connectivity index (χ0v) is 16.3. The van der Waals surface area contributed by atoms with Gasteiger partial charge in [0.2, 0.25) is 0 Å². The fourth-order valence-electron chi connectivity index (χ4n) is 2.70. The summed E-state index contributed by atoms with van der Waals surface area (Å²) in [6.45, 7) is 3.84. The van der Waals surface area contributed by atoms with Crippen LogP contribution in [0.1, 0.15) is 28.7 Å². The zero-order chi connectivity index (χ0) is 19.0. The van der Waals surface area contributed by atoms with Crippen molar-refractivity contribution in [2.24, 2.45) is 0 Å². The average Bonchev–Trinajstić information content (AvgIpc) is 2.95. The minimum Gasteiger partial charge on any atom is -0.319 e. The van der Waals surface area contributed by atoms with Crippen molar-refractivity contribution in [1.82, 2.24) is 9.38 Å². The number of nitrogens with zero attached hydrogens (tertiary/aromatic N) is 3. The van der Waals surface area contributed by atoms with Crippen LogP contribution in [0.25, 0.3) is 5.65 Å². The summed E-state index contributed by atoms with van der Waals surface area (Å²) < 4.78 is 2.55. The van der Waals surface area contributed by atoms with Crippen LogP contribution in [0.5, 0.6) is 0 Å². The van der Waals surface area contributed by atoms with Crippen LogP contribution in [0.4, 0.5) is 11.4 Å². The number of benzene rings is 1. The third-order valence-electron chi connectivity index (χ3n) is 3.90. The van der Waals surface area contributed by atoms with Gasteiger partial charge in [-0.1, -0.05) is 18.5 Å². The second kappa shape index (κ2) is 7.05. The lowest BCUT2D eigenvalue weighted by molar-refractivity contribution is -0.384. The molecule has 0 aliphatic carbocycles. The largest absolute Gasteiger partial charge is 0.319 e. The molecule has 0 spiro atoms. The van der Waals surface area contributed by atoms with Gasteiger partial charge in [0, 0.05) is 22.8 Å². The van der Waals surface area contributed by atoms with E-state index in [0.29, 0.717) is 29.1 Å². The Balaban J connectivity index is 2.04. The molecule has 2 aromatic heterocycles. The highest BCUT2D eigenvalue weighted by Gasteiger charge is 2.21. The van der Waals surface area contributed by atoms with Crippen LogP contribution < -0.4 is 5.32 Å². The molecule has 0 aliphatic rings. The molecular weight excluding hydrogens is 424 g/mol. The molecule has 134 valence electrons. The van der Waals surface area contributed by atoms with Crippen LogP contribution in [-0.2, 0) is 6.42 Å². The summed E-state index contributed by atoms with van der Waals surface area (Å²) in [7, 11) is 0. The number of imidazole rings is 1. The van der Waals surface area contributed by atoms with Crippen molar-refractivity contribution in [3.8, 4) is 0 Å². The molecule has 1 amide bonds. The molecule has 26 heavy (non-hydrogen) atoms. The topological polar surface area (TPSA) is 89.5 Å². The van der Waals surface area contributed by atoms with Gasteiger partial charge in [-0.3, -0.25) is 19.3 Å². The van der Waals surface area contributed by atoms with Crippen molar-refractivity contribution in [2.75, 3.05) is 5.32 Å². The molecule has 9 heteroatoms. The first-order valence-electron chi connectivity index (χ1n) is 7.74. The van der Waals surface area contributed by atoms with Gasteiger partial charge in [-0.2, -0.15) is 0 Å². The van der Waals surface area contributed by atoms with E-state index in [1.807, 2.05) is 19.9 Å². The number of anilines is 1. The van der Waals surface area contributed by atoms with Crippen LogP contribution in [-0.4, -0.2) is 20.2 Å². The third kappa shape index (κ3) is 3.30. The van der Waals surface area contributed by atoms with Gasteiger partial charge in [0.15, 0.2) is 0 Å². The highest BCUT2D eigenvalue weighted by Crippen LogP contribution is 2.28. The molecule has 0 saturated carbocycles. The van der Waals surface area contributed by atoms with Crippen molar-refractivity contribution >= 4 is 50.5 Å². The van der Waals surface area contributed by atoms with Gasteiger partial charge in [0.1, 0.15) is 11.3 Å². The molecule has 0 aliphatic heterocycles. The first kappa shape index (κ1) is 18.3.